The third-order valence-corrected chi connectivity index (χ3v) is 12.2. The molecular weight excluding hydrogens is 709 g/mol. The summed E-state index contributed by atoms with van der Waals surface area (Å²) < 4.78 is 15.4. The third kappa shape index (κ3) is 4.55. The largest absolute Gasteiger partial charge is 0.456 e. The maximum Gasteiger partial charge on any atom is 0.149 e. The van der Waals surface area contributed by atoms with Gasteiger partial charge in [-0.05, 0) is 107 Å². The fourth-order valence-electron chi connectivity index (χ4n) is 9.59. The topological polar surface area (TPSA) is 35.6 Å². The van der Waals surface area contributed by atoms with Crippen molar-refractivity contribution in [2.45, 2.75) is 0 Å². The first-order valence-corrected chi connectivity index (χ1v) is 19.8. The van der Waals surface area contributed by atoms with E-state index in [1.165, 1.54) is 66.0 Å². The molecule has 1 aliphatic rings. The van der Waals surface area contributed by atoms with E-state index < -0.39 is 0 Å². The lowest BCUT2D eigenvalue weighted by Gasteiger charge is -2.15. The van der Waals surface area contributed by atoms with E-state index in [2.05, 4.69) is 199 Å². The molecule has 4 heteroatoms. The second-order valence-corrected chi connectivity index (χ2v) is 15.4. The van der Waals surface area contributed by atoms with E-state index in [1.54, 1.807) is 0 Å². The molecule has 0 bridgehead atoms. The standard InChI is InChI=1S/C54H32N2O2/c1-2-12-37(13-3-1)55-49-20-9-6-17-41(49)42-28-34(21-24-50(42)55)36-23-26-52-44(30-36)46-32-53-45(31-54(46)58-52)43-29-35(22-25-51(43)57-53)33-11-10-14-38(27-33)56-47-18-7-4-15-39(47)40-16-5-8-19-48(40)56/h1-32H/p+1. The lowest BCUT2D eigenvalue weighted by atomic mass is 10.00. The normalized spacial score (nSPS) is 12.8. The average Bonchev–Trinajstić information content (AvgIpc) is 4.02. The van der Waals surface area contributed by atoms with Crippen molar-refractivity contribution < 1.29 is 13.7 Å². The smallest absolute Gasteiger partial charge is 0.149 e. The van der Waals surface area contributed by atoms with E-state index in [0.29, 0.717) is 0 Å². The minimum absolute atomic E-state index is 0.853. The average molecular weight is 742 g/mol. The van der Waals surface area contributed by atoms with E-state index in [4.69, 9.17) is 8.83 Å². The number of rotatable bonds is 4. The molecule has 0 saturated heterocycles. The van der Waals surface area contributed by atoms with Crippen molar-refractivity contribution >= 4 is 82.7 Å². The Morgan fingerprint density at radius 2 is 0.845 bits per heavy atom. The number of nitrogens with one attached hydrogen (secondary N) is 1. The molecule has 270 valence electrons. The summed E-state index contributed by atoms with van der Waals surface area (Å²) in [5.41, 5.74) is 18.0. The number of fused-ring (bicyclic) bond motifs is 12. The number of nitrogens with zero attached hydrogens (tertiary/aromatic N) is 1. The predicted octanol–water partition coefficient (Wildman–Crippen LogP) is 14.1. The highest BCUT2D eigenvalue weighted by atomic mass is 16.3. The summed E-state index contributed by atoms with van der Waals surface area (Å²) in [4.78, 5) is 1.29. The Bertz CT molecular complexity index is 3600. The van der Waals surface area contributed by atoms with Crippen LogP contribution in [0, 0.1) is 0 Å². The number of furan rings is 2. The Morgan fingerprint density at radius 3 is 1.52 bits per heavy atom. The highest BCUT2D eigenvalue weighted by Crippen LogP contribution is 2.42. The van der Waals surface area contributed by atoms with E-state index in [1.807, 2.05) is 0 Å². The van der Waals surface area contributed by atoms with Crippen LogP contribution in [0.4, 0.5) is 17.1 Å². The van der Waals surface area contributed by atoms with Crippen molar-refractivity contribution in [2.24, 2.45) is 0 Å². The summed E-state index contributed by atoms with van der Waals surface area (Å²) in [7, 11) is 0. The van der Waals surface area contributed by atoms with Crippen LogP contribution in [0.3, 0.4) is 0 Å². The fourth-order valence-corrected chi connectivity index (χ4v) is 9.59. The molecule has 0 spiro atoms. The second-order valence-electron chi connectivity index (χ2n) is 15.4. The predicted molar refractivity (Wildman–Crippen MR) is 238 cm³/mol. The van der Waals surface area contributed by atoms with Crippen LogP contribution in [0.25, 0.3) is 105 Å². The first-order chi connectivity index (χ1) is 28.7. The Balaban J connectivity index is 0.897. The molecule has 0 unspecified atom stereocenters. The number of benzene rings is 9. The van der Waals surface area contributed by atoms with Crippen molar-refractivity contribution in [3.8, 4) is 39.1 Å². The SMILES string of the molecule is c1ccc(-n2c3ccccc3c3cc(-c4ccc5oc6cc7c(cc6c5c4)oc4ccc(-c5cccc([NH+]6c8ccccc8-c8ccccc86)c5)cc47)ccc32)cc1. The number of para-hydroxylation sites is 4. The van der Waals surface area contributed by atoms with Crippen LogP contribution in [-0.4, -0.2) is 4.57 Å². The van der Waals surface area contributed by atoms with Gasteiger partial charge in [-0.25, -0.2) is 4.90 Å². The van der Waals surface area contributed by atoms with Crippen LogP contribution >= 0.6 is 0 Å². The second kappa shape index (κ2) is 11.9. The van der Waals surface area contributed by atoms with Gasteiger partial charge in [-0.1, -0.05) is 91.0 Å². The third-order valence-electron chi connectivity index (χ3n) is 12.2. The molecule has 3 aromatic heterocycles. The highest BCUT2D eigenvalue weighted by molar-refractivity contribution is 6.16. The first kappa shape index (κ1) is 31.5. The Morgan fingerprint density at radius 1 is 0.328 bits per heavy atom. The molecule has 0 aliphatic carbocycles. The Kier molecular flexibility index (Phi) is 6.48. The van der Waals surface area contributed by atoms with Gasteiger partial charge < -0.3 is 13.4 Å². The van der Waals surface area contributed by atoms with Crippen LogP contribution < -0.4 is 4.90 Å². The van der Waals surface area contributed by atoms with Gasteiger partial charge in [-0.3, -0.25) is 0 Å². The Hall–Kier alpha value is -7.66. The molecule has 13 rings (SSSR count). The number of hydrogen-bond donors (Lipinski definition) is 1. The summed E-state index contributed by atoms with van der Waals surface area (Å²) in [6, 6.07) is 69.9. The molecule has 1 aliphatic heterocycles. The first-order valence-electron chi connectivity index (χ1n) is 19.8. The number of hydrogen-bond acceptors (Lipinski definition) is 2. The summed E-state index contributed by atoms with van der Waals surface area (Å²) >= 11 is 0. The fraction of sp³-hybridized carbons (Fsp3) is 0. The van der Waals surface area contributed by atoms with Gasteiger partial charge in [0.25, 0.3) is 0 Å². The zero-order chi connectivity index (χ0) is 37.9. The Labute approximate surface area is 333 Å². The van der Waals surface area contributed by atoms with Crippen LogP contribution in [-0.2, 0) is 0 Å². The van der Waals surface area contributed by atoms with E-state index in [9.17, 15) is 0 Å². The molecule has 4 heterocycles. The molecule has 9 aromatic carbocycles. The molecule has 0 amide bonds. The van der Waals surface area contributed by atoms with Gasteiger partial charge in [0, 0.05) is 67.3 Å². The molecule has 1 N–H and O–H groups in total. The van der Waals surface area contributed by atoms with Gasteiger partial charge in [0.1, 0.15) is 39.4 Å². The van der Waals surface area contributed by atoms with Gasteiger partial charge in [-0.2, -0.15) is 0 Å². The van der Waals surface area contributed by atoms with E-state index in [0.717, 1.165) is 60.7 Å². The quantitative estimate of drug-likeness (QED) is 0.195. The minimum atomic E-state index is 0.853. The van der Waals surface area contributed by atoms with E-state index >= 15 is 0 Å². The monoisotopic (exact) mass is 741 g/mol. The summed E-state index contributed by atoms with van der Waals surface area (Å²) in [6.45, 7) is 0. The summed E-state index contributed by atoms with van der Waals surface area (Å²) in [6.07, 6.45) is 0. The molecular formula is C54H33N2O2+. The van der Waals surface area contributed by atoms with Gasteiger partial charge in [0.2, 0.25) is 0 Å². The lowest BCUT2D eigenvalue weighted by Crippen LogP contribution is -2.95. The lowest BCUT2D eigenvalue weighted by molar-refractivity contribution is -0.677. The van der Waals surface area contributed by atoms with Crippen LogP contribution in [0.1, 0.15) is 0 Å². The zero-order valence-electron chi connectivity index (χ0n) is 31.2. The summed E-state index contributed by atoms with van der Waals surface area (Å²) in [5.74, 6) is 0. The minimum Gasteiger partial charge on any atom is -0.456 e. The molecule has 58 heavy (non-hydrogen) atoms. The summed E-state index contributed by atoms with van der Waals surface area (Å²) in [5, 5.41) is 6.72. The molecule has 4 nitrogen and oxygen atoms in total. The molecule has 0 fully saturated rings. The zero-order valence-corrected chi connectivity index (χ0v) is 31.2. The van der Waals surface area contributed by atoms with Gasteiger partial charge >= 0.3 is 0 Å². The van der Waals surface area contributed by atoms with E-state index in [-0.39, 0.29) is 0 Å². The molecule has 0 atom stereocenters. The number of quaternary nitrogens is 1. The van der Waals surface area contributed by atoms with Crippen molar-refractivity contribution in [2.75, 3.05) is 0 Å². The highest BCUT2D eigenvalue weighted by Gasteiger charge is 2.32. The van der Waals surface area contributed by atoms with Crippen molar-refractivity contribution in [3.63, 3.8) is 0 Å². The molecule has 12 aromatic rings. The van der Waals surface area contributed by atoms with Crippen molar-refractivity contribution in [3.05, 3.63) is 194 Å². The van der Waals surface area contributed by atoms with Gasteiger partial charge in [0.05, 0.1) is 11.0 Å². The van der Waals surface area contributed by atoms with Gasteiger partial charge in [0.15, 0.2) is 0 Å². The molecule has 0 radical (unpaired) electrons. The van der Waals surface area contributed by atoms with Crippen LogP contribution in [0.5, 0.6) is 0 Å². The van der Waals surface area contributed by atoms with Crippen LogP contribution in [0.15, 0.2) is 203 Å². The molecule has 0 saturated carbocycles. The maximum absolute atomic E-state index is 6.55. The number of aromatic nitrogens is 1. The maximum atomic E-state index is 6.55. The van der Waals surface area contributed by atoms with Gasteiger partial charge in [-0.15, -0.1) is 0 Å². The van der Waals surface area contributed by atoms with Crippen LogP contribution in [0.2, 0.25) is 0 Å². The van der Waals surface area contributed by atoms with Crippen molar-refractivity contribution in [1.82, 2.24) is 4.57 Å². The van der Waals surface area contributed by atoms with Crippen molar-refractivity contribution in [1.29, 1.82) is 0 Å².